The molecule has 0 radical (unpaired) electrons. The maximum Gasteiger partial charge on any atom is 0.241 e. The zero-order valence-electron chi connectivity index (χ0n) is 10.4. The van der Waals surface area contributed by atoms with Crippen LogP contribution >= 0.6 is 0 Å². The monoisotopic (exact) mass is 245 g/mol. The van der Waals surface area contributed by atoms with Crippen LogP contribution in [-0.4, -0.2) is 14.9 Å². The number of hydrogen-bond donors (Lipinski definition) is 0. The van der Waals surface area contributed by atoms with Gasteiger partial charge in [0.15, 0.2) is 0 Å². The van der Waals surface area contributed by atoms with E-state index in [1.54, 1.807) is 0 Å². The van der Waals surface area contributed by atoms with Crippen LogP contribution in [0.15, 0.2) is 30.3 Å². The van der Waals surface area contributed by atoms with E-state index >= 15 is 0 Å². The molecule has 17 heavy (non-hydrogen) atoms. The SMILES string of the molecule is CCC(C#N)[Si]1(c2ccccc2)CCCCO1. The standard InChI is InChI=1S/C14H19NOSi/c1-2-13(12-15)17(11-7-6-10-16-17)14-8-4-3-5-9-14/h3-5,8-9,13H,2,6-7,10-11H2,1H3. The molecule has 3 heteroatoms. The maximum atomic E-state index is 9.41. The number of nitrogens with zero attached hydrogens (tertiary/aromatic N) is 1. The lowest BCUT2D eigenvalue weighted by Gasteiger charge is -2.38. The number of nitriles is 1. The summed E-state index contributed by atoms with van der Waals surface area (Å²) in [6, 6.07) is 14.1. The van der Waals surface area contributed by atoms with Gasteiger partial charge in [-0.15, -0.1) is 0 Å². The first kappa shape index (κ1) is 12.3. The average Bonchev–Trinajstić information content (AvgIpc) is 2.42. The van der Waals surface area contributed by atoms with Crippen molar-refractivity contribution in [2.75, 3.05) is 6.61 Å². The second kappa shape index (κ2) is 5.48. The van der Waals surface area contributed by atoms with Crippen LogP contribution < -0.4 is 5.19 Å². The maximum absolute atomic E-state index is 9.41. The zero-order valence-corrected chi connectivity index (χ0v) is 11.4. The zero-order chi connectivity index (χ0) is 12.1. The molecule has 2 atom stereocenters. The third kappa shape index (κ3) is 2.29. The Bertz CT molecular complexity index is 392. The molecule has 0 saturated carbocycles. The quantitative estimate of drug-likeness (QED) is 0.767. The van der Waals surface area contributed by atoms with Gasteiger partial charge in [0.1, 0.15) is 0 Å². The van der Waals surface area contributed by atoms with Crippen molar-refractivity contribution < 1.29 is 4.43 Å². The van der Waals surface area contributed by atoms with Gasteiger partial charge < -0.3 is 4.43 Å². The van der Waals surface area contributed by atoms with Crippen molar-refractivity contribution in [3.63, 3.8) is 0 Å². The molecule has 2 nitrogen and oxygen atoms in total. The van der Waals surface area contributed by atoms with Gasteiger partial charge in [0.2, 0.25) is 8.32 Å². The highest BCUT2D eigenvalue weighted by Crippen LogP contribution is 2.34. The molecule has 1 fully saturated rings. The molecule has 0 amide bonds. The first-order chi connectivity index (χ1) is 8.33. The fourth-order valence-electron chi connectivity index (χ4n) is 2.77. The summed E-state index contributed by atoms with van der Waals surface area (Å²) in [5.41, 5.74) is 0.0881. The van der Waals surface area contributed by atoms with Crippen LogP contribution in [0.25, 0.3) is 0 Å². The third-order valence-corrected chi connectivity index (χ3v) is 8.48. The lowest BCUT2D eigenvalue weighted by molar-refractivity contribution is 0.270. The molecule has 2 unspecified atom stereocenters. The second-order valence-electron chi connectivity index (χ2n) is 4.65. The van der Waals surface area contributed by atoms with Crippen molar-refractivity contribution in [2.24, 2.45) is 0 Å². The molecule has 2 rings (SSSR count). The predicted octanol–water partition coefficient (Wildman–Crippen LogP) is 2.95. The second-order valence-corrected chi connectivity index (χ2v) is 8.49. The fourth-order valence-corrected chi connectivity index (χ4v) is 7.23. The summed E-state index contributed by atoms with van der Waals surface area (Å²) in [7, 11) is -2.05. The van der Waals surface area contributed by atoms with E-state index < -0.39 is 8.32 Å². The van der Waals surface area contributed by atoms with E-state index in [0.29, 0.717) is 0 Å². The van der Waals surface area contributed by atoms with Gasteiger partial charge in [-0.05, 0) is 24.1 Å². The number of hydrogen-bond acceptors (Lipinski definition) is 2. The summed E-state index contributed by atoms with van der Waals surface area (Å²) in [6.45, 7) is 2.93. The third-order valence-electron chi connectivity index (χ3n) is 3.69. The Morgan fingerprint density at radius 3 is 2.65 bits per heavy atom. The normalized spacial score (nSPS) is 26.1. The molecular weight excluding hydrogens is 226 g/mol. The number of rotatable bonds is 3. The summed E-state index contributed by atoms with van der Waals surface area (Å²) in [5.74, 6) is 0. The molecule has 90 valence electrons. The highest BCUT2D eigenvalue weighted by atomic mass is 28.4. The molecule has 0 spiro atoms. The minimum atomic E-state index is -2.05. The van der Waals surface area contributed by atoms with Crippen LogP contribution in [0.2, 0.25) is 11.6 Å². The first-order valence-corrected chi connectivity index (χ1v) is 8.62. The Morgan fingerprint density at radius 2 is 2.12 bits per heavy atom. The van der Waals surface area contributed by atoms with E-state index in [0.717, 1.165) is 25.5 Å². The molecule has 1 heterocycles. The molecule has 1 aromatic rings. The molecule has 0 aliphatic carbocycles. The van der Waals surface area contributed by atoms with E-state index in [4.69, 9.17) is 4.43 Å². The van der Waals surface area contributed by atoms with Gasteiger partial charge in [-0.3, -0.25) is 0 Å². The van der Waals surface area contributed by atoms with E-state index in [9.17, 15) is 5.26 Å². The Balaban J connectivity index is 2.40. The van der Waals surface area contributed by atoms with Crippen LogP contribution in [0, 0.1) is 11.3 Å². The molecule has 0 N–H and O–H groups in total. The van der Waals surface area contributed by atoms with Crippen LogP contribution in [-0.2, 0) is 4.43 Å². The van der Waals surface area contributed by atoms with Gasteiger partial charge in [0, 0.05) is 6.61 Å². The largest absolute Gasteiger partial charge is 0.411 e. The van der Waals surface area contributed by atoms with Crippen molar-refractivity contribution in [1.29, 1.82) is 5.26 Å². The van der Waals surface area contributed by atoms with Gasteiger partial charge >= 0.3 is 0 Å². The van der Waals surface area contributed by atoms with E-state index in [-0.39, 0.29) is 5.54 Å². The van der Waals surface area contributed by atoms with Gasteiger partial charge in [-0.1, -0.05) is 43.7 Å². The molecule has 1 aliphatic heterocycles. The number of benzene rings is 1. The molecule has 1 aromatic carbocycles. The van der Waals surface area contributed by atoms with Crippen LogP contribution in [0.3, 0.4) is 0 Å². The van der Waals surface area contributed by atoms with Crippen molar-refractivity contribution in [3.8, 4) is 6.07 Å². The Morgan fingerprint density at radius 1 is 1.35 bits per heavy atom. The Labute approximate surface area is 104 Å². The summed E-state index contributed by atoms with van der Waals surface area (Å²) < 4.78 is 6.21. The summed E-state index contributed by atoms with van der Waals surface area (Å²) in [5, 5.41) is 10.7. The minimum absolute atomic E-state index is 0.0881. The smallest absolute Gasteiger partial charge is 0.241 e. The van der Waals surface area contributed by atoms with Crippen LogP contribution in [0.4, 0.5) is 0 Å². The van der Waals surface area contributed by atoms with Gasteiger partial charge in [0.25, 0.3) is 0 Å². The van der Waals surface area contributed by atoms with Gasteiger partial charge in [-0.25, -0.2) is 0 Å². The highest BCUT2D eigenvalue weighted by Gasteiger charge is 2.45. The van der Waals surface area contributed by atoms with Crippen molar-refractivity contribution in [3.05, 3.63) is 30.3 Å². The average molecular weight is 245 g/mol. The molecule has 0 bridgehead atoms. The lowest BCUT2D eigenvalue weighted by Crippen LogP contribution is -2.56. The molecule has 1 aliphatic rings. The lowest BCUT2D eigenvalue weighted by atomic mass is 10.3. The van der Waals surface area contributed by atoms with Crippen LogP contribution in [0.5, 0.6) is 0 Å². The summed E-state index contributed by atoms with van der Waals surface area (Å²) >= 11 is 0. The van der Waals surface area contributed by atoms with Crippen molar-refractivity contribution in [1.82, 2.24) is 0 Å². The fraction of sp³-hybridized carbons (Fsp3) is 0.500. The Hall–Kier alpha value is -1.11. The Kier molecular flexibility index (Phi) is 3.98. The molecular formula is C14H19NOSi. The van der Waals surface area contributed by atoms with E-state index in [1.807, 2.05) is 6.07 Å². The first-order valence-electron chi connectivity index (χ1n) is 6.42. The van der Waals surface area contributed by atoms with Gasteiger partial charge in [-0.2, -0.15) is 5.26 Å². The van der Waals surface area contributed by atoms with E-state index in [1.165, 1.54) is 11.6 Å². The topological polar surface area (TPSA) is 33.0 Å². The van der Waals surface area contributed by atoms with Gasteiger partial charge in [0.05, 0.1) is 11.6 Å². The molecule has 1 saturated heterocycles. The van der Waals surface area contributed by atoms with E-state index in [2.05, 4.69) is 37.3 Å². The van der Waals surface area contributed by atoms with Crippen molar-refractivity contribution in [2.45, 2.75) is 37.8 Å². The van der Waals surface area contributed by atoms with Crippen molar-refractivity contribution >= 4 is 13.5 Å². The predicted molar refractivity (Wildman–Crippen MR) is 71.5 cm³/mol. The van der Waals surface area contributed by atoms with Crippen LogP contribution in [0.1, 0.15) is 26.2 Å². The summed E-state index contributed by atoms with van der Waals surface area (Å²) in [6.07, 6.45) is 3.25. The summed E-state index contributed by atoms with van der Waals surface area (Å²) in [4.78, 5) is 0. The minimum Gasteiger partial charge on any atom is -0.411 e. The highest BCUT2D eigenvalue weighted by molar-refractivity contribution is 6.88. The molecule has 0 aromatic heterocycles.